The van der Waals surface area contributed by atoms with E-state index in [-0.39, 0.29) is 13.0 Å². The van der Waals surface area contributed by atoms with Gasteiger partial charge in [-0.1, -0.05) is 18.7 Å². The van der Waals surface area contributed by atoms with Crippen LogP contribution < -0.4 is 10.6 Å². The van der Waals surface area contributed by atoms with E-state index in [2.05, 4.69) is 49.2 Å². The number of halogens is 2. The van der Waals surface area contributed by atoms with Crippen molar-refractivity contribution in [2.24, 2.45) is 0 Å². The van der Waals surface area contributed by atoms with Crippen molar-refractivity contribution < 1.29 is 8.78 Å². The average Bonchev–Trinajstić information content (AvgIpc) is 3.70. The summed E-state index contributed by atoms with van der Waals surface area (Å²) < 4.78 is 27.3. The van der Waals surface area contributed by atoms with Crippen molar-refractivity contribution in [1.82, 2.24) is 30.0 Å². The second kappa shape index (κ2) is 9.74. The molecule has 1 aliphatic heterocycles. The van der Waals surface area contributed by atoms with E-state index in [1.54, 1.807) is 28.6 Å². The number of thiophene rings is 1. The smallest absolute Gasteiger partial charge is 0.261 e. The molecule has 192 valence electrons. The van der Waals surface area contributed by atoms with Crippen molar-refractivity contribution in [3.63, 3.8) is 0 Å². The van der Waals surface area contributed by atoms with E-state index < -0.39 is 5.92 Å². The molecule has 0 saturated carbocycles. The van der Waals surface area contributed by atoms with Gasteiger partial charge in [-0.25, -0.2) is 8.78 Å². The lowest BCUT2D eigenvalue weighted by Gasteiger charge is -2.15. The molecule has 0 unspecified atom stereocenters. The fourth-order valence-electron chi connectivity index (χ4n) is 4.95. The minimum absolute atomic E-state index is 0.0984. The molecule has 5 aromatic rings. The molecule has 5 aromatic heterocycles. The second-order valence-corrected chi connectivity index (χ2v) is 10.5. The molecule has 0 aliphatic carbocycles. The van der Waals surface area contributed by atoms with E-state index in [0.717, 1.165) is 60.0 Å². The number of likely N-dealkylation sites (tertiary alicyclic amines) is 1. The van der Waals surface area contributed by atoms with Crippen LogP contribution in [0.5, 0.6) is 0 Å². The first kappa shape index (κ1) is 24.4. The Bertz CT molecular complexity index is 1750. The Balaban J connectivity index is 1.35. The van der Waals surface area contributed by atoms with Crippen LogP contribution in [0, 0.1) is 0 Å². The molecule has 0 bridgehead atoms. The third-order valence-electron chi connectivity index (χ3n) is 6.85. The SMILES string of the molecule is C=C(/C=c1/c(-c2cc3c(-c4cccs4)cncc3[nH]2)n[nH]/c1=C/C)c1cncc(CN2CCC(F)(F)C2)c1. The summed E-state index contributed by atoms with van der Waals surface area (Å²) in [6, 6.07) is 8.20. The molecule has 1 aliphatic rings. The predicted octanol–water partition coefficient (Wildman–Crippen LogP) is 5.21. The van der Waals surface area contributed by atoms with Gasteiger partial charge in [0.1, 0.15) is 5.69 Å². The van der Waals surface area contributed by atoms with Crippen LogP contribution >= 0.6 is 11.3 Å². The number of fused-ring (bicyclic) bond motifs is 1. The van der Waals surface area contributed by atoms with Crippen molar-refractivity contribution in [2.45, 2.75) is 25.8 Å². The lowest BCUT2D eigenvalue weighted by atomic mass is 10.1. The van der Waals surface area contributed by atoms with Gasteiger partial charge in [0.2, 0.25) is 0 Å². The molecular weight excluding hydrogens is 502 g/mol. The highest BCUT2D eigenvalue weighted by Gasteiger charge is 2.37. The van der Waals surface area contributed by atoms with E-state index in [4.69, 9.17) is 0 Å². The van der Waals surface area contributed by atoms with E-state index in [1.807, 2.05) is 43.6 Å². The topological polar surface area (TPSA) is 73.5 Å². The maximum Gasteiger partial charge on any atom is 0.261 e. The van der Waals surface area contributed by atoms with E-state index in [1.165, 1.54) is 0 Å². The van der Waals surface area contributed by atoms with Crippen LogP contribution in [0.15, 0.2) is 61.0 Å². The summed E-state index contributed by atoms with van der Waals surface area (Å²) in [4.78, 5) is 15.2. The lowest BCUT2D eigenvalue weighted by molar-refractivity contribution is 0.0115. The van der Waals surface area contributed by atoms with Crippen molar-refractivity contribution in [3.05, 3.63) is 82.7 Å². The molecular formula is C29H26F2N6S. The normalized spacial score (nSPS) is 16.6. The van der Waals surface area contributed by atoms with Gasteiger partial charge in [0.25, 0.3) is 5.92 Å². The Hall–Kier alpha value is -3.95. The minimum Gasteiger partial charge on any atom is -0.352 e. The van der Waals surface area contributed by atoms with Crippen LogP contribution in [-0.2, 0) is 6.54 Å². The van der Waals surface area contributed by atoms with Gasteiger partial charge in [-0.3, -0.25) is 20.0 Å². The molecule has 38 heavy (non-hydrogen) atoms. The van der Waals surface area contributed by atoms with Crippen LogP contribution in [0.1, 0.15) is 24.5 Å². The maximum absolute atomic E-state index is 13.6. The van der Waals surface area contributed by atoms with Gasteiger partial charge in [-0.05, 0) is 53.3 Å². The number of aromatic amines is 2. The number of H-pyrrole nitrogens is 2. The fraction of sp³-hybridized carbons (Fsp3) is 0.207. The number of aromatic nitrogens is 5. The number of pyridine rings is 2. The highest BCUT2D eigenvalue weighted by Crippen LogP contribution is 2.33. The molecule has 1 fully saturated rings. The van der Waals surface area contributed by atoms with Gasteiger partial charge in [0.15, 0.2) is 0 Å². The largest absolute Gasteiger partial charge is 0.352 e. The average molecular weight is 529 g/mol. The standard InChI is InChI=1S/C29H26F2N6S/c1-3-24-22(9-18(2)20-10-19(12-32-13-20)16-37-7-6-29(30,31)17-37)28(36-35-24)25-11-21-23(27-5-4-8-38-27)14-33-15-26(21)34-25/h3-5,8-15,34-35H,2,6-7,16-17H2,1H3/b22-9+,24-3+. The van der Waals surface area contributed by atoms with Crippen molar-refractivity contribution in [3.8, 4) is 21.8 Å². The quantitative estimate of drug-likeness (QED) is 0.317. The Labute approximate surface area is 222 Å². The first-order valence-electron chi connectivity index (χ1n) is 12.4. The van der Waals surface area contributed by atoms with Crippen LogP contribution in [0.3, 0.4) is 0 Å². The Morgan fingerprint density at radius 3 is 2.84 bits per heavy atom. The molecule has 6 rings (SSSR count). The summed E-state index contributed by atoms with van der Waals surface area (Å²) in [6.07, 6.45) is 11.1. The maximum atomic E-state index is 13.6. The molecule has 6 nitrogen and oxygen atoms in total. The van der Waals surface area contributed by atoms with Gasteiger partial charge in [-0.15, -0.1) is 11.3 Å². The molecule has 0 radical (unpaired) electrons. The lowest BCUT2D eigenvalue weighted by Crippen LogP contribution is -2.25. The molecule has 0 aromatic carbocycles. The van der Waals surface area contributed by atoms with Gasteiger partial charge in [0, 0.05) is 59.1 Å². The number of hydrogen-bond donors (Lipinski definition) is 2. The predicted molar refractivity (Wildman–Crippen MR) is 149 cm³/mol. The molecule has 9 heteroatoms. The number of nitrogens with zero attached hydrogens (tertiary/aromatic N) is 4. The summed E-state index contributed by atoms with van der Waals surface area (Å²) in [5.74, 6) is -2.61. The zero-order chi connectivity index (χ0) is 26.3. The van der Waals surface area contributed by atoms with Crippen molar-refractivity contribution in [1.29, 1.82) is 0 Å². The Morgan fingerprint density at radius 1 is 1.21 bits per heavy atom. The first-order valence-corrected chi connectivity index (χ1v) is 13.2. The molecule has 0 atom stereocenters. The zero-order valence-electron chi connectivity index (χ0n) is 20.8. The molecule has 6 heterocycles. The Morgan fingerprint density at radius 2 is 2.08 bits per heavy atom. The fourth-order valence-corrected chi connectivity index (χ4v) is 5.70. The van der Waals surface area contributed by atoms with Crippen LogP contribution in [0.2, 0.25) is 0 Å². The number of rotatable bonds is 6. The third-order valence-corrected chi connectivity index (χ3v) is 7.75. The molecule has 2 N–H and O–H groups in total. The van der Waals surface area contributed by atoms with Crippen molar-refractivity contribution >= 4 is 40.0 Å². The van der Waals surface area contributed by atoms with Gasteiger partial charge in [0.05, 0.1) is 29.3 Å². The number of allylic oxidation sites excluding steroid dienone is 1. The molecule has 0 spiro atoms. The van der Waals surface area contributed by atoms with E-state index in [9.17, 15) is 8.78 Å². The minimum atomic E-state index is -2.61. The highest BCUT2D eigenvalue weighted by molar-refractivity contribution is 7.13. The third kappa shape index (κ3) is 4.70. The number of nitrogens with one attached hydrogen (secondary N) is 2. The van der Waals surface area contributed by atoms with Gasteiger partial charge < -0.3 is 4.98 Å². The number of alkyl halides is 2. The Kier molecular flexibility index (Phi) is 6.25. The summed E-state index contributed by atoms with van der Waals surface area (Å²) >= 11 is 1.68. The molecule has 1 saturated heterocycles. The number of hydrogen-bond acceptors (Lipinski definition) is 5. The van der Waals surface area contributed by atoms with E-state index in [0.29, 0.717) is 13.1 Å². The monoisotopic (exact) mass is 528 g/mol. The first-order chi connectivity index (χ1) is 18.4. The molecule has 0 amide bonds. The summed E-state index contributed by atoms with van der Waals surface area (Å²) in [7, 11) is 0. The highest BCUT2D eigenvalue weighted by atomic mass is 32.1. The summed E-state index contributed by atoms with van der Waals surface area (Å²) in [5, 5.41) is 12.7. The summed E-state index contributed by atoms with van der Waals surface area (Å²) in [5.41, 5.74) is 6.13. The van der Waals surface area contributed by atoms with Crippen molar-refractivity contribution in [2.75, 3.05) is 13.1 Å². The van der Waals surface area contributed by atoms with Crippen LogP contribution in [0.25, 0.3) is 50.5 Å². The van der Waals surface area contributed by atoms with Crippen LogP contribution in [0.4, 0.5) is 8.78 Å². The van der Waals surface area contributed by atoms with Gasteiger partial charge >= 0.3 is 0 Å². The van der Waals surface area contributed by atoms with E-state index >= 15 is 0 Å². The summed E-state index contributed by atoms with van der Waals surface area (Å²) in [6.45, 7) is 6.85. The van der Waals surface area contributed by atoms with Gasteiger partial charge in [-0.2, -0.15) is 5.10 Å². The second-order valence-electron chi connectivity index (χ2n) is 9.56. The zero-order valence-corrected chi connectivity index (χ0v) is 21.7. The van der Waals surface area contributed by atoms with Crippen LogP contribution in [-0.4, -0.2) is 49.1 Å².